The van der Waals surface area contributed by atoms with Crippen LogP contribution in [0.15, 0.2) is 0 Å². The second-order valence-electron chi connectivity index (χ2n) is 5.90. The van der Waals surface area contributed by atoms with E-state index in [0.717, 1.165) is 12.8 Å². The zero-order valence-corrected chi connectivity index (χ0v) is 12.4. The van der Waals surface area contributed by atoms with E-state index in [1.54, 1.807) is 4.90 Å². The molecule has 0 aromatic rings. The van der Waals surface area contributed by atoms with Crippen LogP contribution in [0.4, 0.5) is 4.79 Å². The molecule has 110 valence electrons. The molecule has 2 amide bonds. The lowest BCUT2D eigenvalue weighted by molar-refractivity contribution is -0.146. The first-order valence-corrected chi connectivity index (χ1v) is 7.14. The molecule has 0 spiro atoms. The van der Waals surface area contributed by atoms with Crippen LogP contribution in [0, 0.1) is 5.92 Å². The summed E-state index contributed by atoms with van der Waals surface area (Å²) in [5, 5.41) is 12.3. The lowest BCUT2D eigenvalue weighted by Gasteiger charge is -2.39. The molecule has 1 saturated carbocycles. The number of nitrogens with zero attached hydrogens (tertiary/aromatic N) is 1. The highest BCUT2D eigenvalue weighted by Crippen LogP contribution is 2.32. The second-order valence-corrected chi connectivity index (χ2v) is 5.90. The van der Waals surface area contributed by atoms with E-state index in [1.165, 1.54) is 0 Å². The molecule has 0 bridgehead atoms. The van der Waals surface area contributed by atoms with E-state index in [2.05, 4.69) is 5.32 Å². The Morgan fingerprint density at radius 1 is 1.47 bits per heavy atom. The van der Waals surface area contributed by atoms with Gasteiger partial charge in [0.1, 0.15) is 5.54 Å². The molecule has 0 heterocycles. The minimum atomic E-state index is -1.09. The van der Waals surface area contributed by atoms with Gasteiger partial charge in [0.25, 0.3) is 0 Å². The van der Waals surface area contributed by atoms with Crippen LogP contribution in [0.1, 0.15) is 53.4 Å². The normalized spacial score (nSPS) is 27.1. The zero-order chi connectivity index (χ0) is 14.6. The molecule has 0 aliphatic heterocycles. The molecule has 5 heteroatoms. The van der Waals surface area contributed by atoms with E-state index in [0.29, 0.717) is 25.3 Å². The number of carbonyl (C=O) groups excluding carboxylic acids is 1. The smallest absolute Gasteiger partial charge is 0.329 e. The average Bonchev–Trinajstić information content (AvgIpc) is 2.28. The van der Waals surface area contributed by atoms with Gasteiger partial charge >= 0.3 is 12.0 Å². The maximum absolute atomic E-state index is 12.3. The van der Waals surface area contributed by atoms with Crippen molar-refractivity contribution in [3.63, 3.8) is 0 Å². The summed E-state index contributed by atoms with van der Waals surface area (Å²) < 4.78 is 0. The first-order chi connectivity index (χ1) is 8.82. The van der Waals surface area contributed by atoms with Crippen molar-refractivity contribution in [1.29, 1.82) is 0 Å². The van der Waals surface area contributed by atoms with E-state index in [-0.39, 0.29) is 12.1 Å². The number of carboxylic acids is 1. The van der Waals surface area contributed by atoms with Gasteiger partial charge in [-0.3, -0.25) is 0 Å². The number of hydrogen-bond acceptors (Lipinski definition) is 2. The highest BCUT2D eigenvalue weighted by atomic mass is 16.4. The van der Waals surface area contributed by atoms with Gasteiger partial charge in [0.15, 0.2) is 0 Å². The summed E-state index contributed by atoms with van der Waals surface area (Å²) in [4.78, 5) is 25.5. The van der Waals surface area contributed by atoms with Crippen LogP contribution in [0.5, 0.6) is 0 Å². The Labute approximate surface area is 115 Å². The molecule has 19 heavy (non-hydrogen) atoms. The van der Waals surface area contributed by atoms with Crippen molar-refractivity contribution >= 4 is 12.0 Å². The highest BCUT2D eigenvalue weighted by molar-refractivity contribution is 5.86. The summed E-state index contributed by atoms with van der Waals surface area (Å²) in [5.41, 5.74) is -1.09. The van der Waals surface area contributed by atoms with Crippen LogP contribution < -0.4 is 5.32 Å². The molecule has 0 saturated heterocycles. The average molecular weight is 270 g/mol. The fourth-order valence-electron chi connectivity index (χ4n) is 2.93. The highest BCUT2D eigenvalue weighted by Gasteiger charge is 2.43. The second kappa shape index (κ2) is 6.26. The van der Waals surface area contributed by atoms with Crippen molar-refractivity contribution in [2.24, 2.45) is 5.92 Å². The quantitative estimate of drug-likeness (QED) is 0.824. The number of aliphatic carboxylic acids is 1. The summed E-state index contributed by atoms with van der Waals surface area (Å²) in [6.07, 6.45) is 2.92. The minimum absolute atomic E-state index is 0.0665. The molecule has 0 aromatic heterocycles. The fourth-order valence-corrected chi connectivity index (χ4v) is 2.93. The Morgan fingerprint density at radius 3 is 2.53 bits per heavy atom. The number of nitrogens with one attached hydrogen (secondary N) is 1. The van der Waals surface area contributed by atoms with Gasteiger partial charge < -0.3 is 15.3 Å². The van der Waals surface area contributed by atoms with Crippen LogP contribution in [-0.2, 0) is 4.79 Å². The minimum Gasteiger partial charge on any atom is -0.480 e. The lowest BCUT2D eigenvalue weighted by atomic mass is 9.76. The Bertz CT molecular complexity index is 344. The SMILES string of the molecule is CCN(C(=O)NC1(C(=O)O)CCCC(C)C1)C(C)C. The fraction of sp³-hybridized carbons (Fsp3) is 0.857. The summed E-state index contributed by atoms with van der Waals surface area (Å²) in [5.74, 6) is -0.577. The van der Waals surface area contributed by atoms with Gasteiger partial charge in [-0.1, -0.05) is 19.8 Å². The maximum atomic E-state index is 12.3. The summed E-state index contributed by atoms with van der Waals surface area (Å²) >= 11 is 0. The molecule has 1 aliphatic carbocycles. The lowest BCUT2D eigenvalue weighted by Crippen LogP contribution is -2.60. The van der Waals surface area contributed by atoms with E-state index in [1.807, 2.05) is 27.7 Å². The third-order valence-corrected chi connectivity index (χ3v) is 3.98. The third kappa shape index (κ3) is 3.61. The number of amides is 2. The van der Waals surface area contributed by atoms with Gasteiger partial charge in [0.2, 0.25) is 0 Å². The molecular weight excluding hydrogens is 244 g/mol. The summed E-state index contributed by atoms with van der Waals surface area (Å²) in [6, 6.07) is -0.203. The standard InChI is InChI=1S/C14H26N2O3/c1-5-16(10(2)3)13(19)15-14(12(17)18)8-6-7-11(4)9-14/h10-11H,5-9H2,1-4H3,(H,15,19)(H,17,18). The zero-order valence-electron chi connectivity index (χ0n) is 12.4. The van der Waals surface area contributed by atoms with E-state index < -0.39 is 11.5 Å². The maximum Gasteiger partial charge on any atom is 0.329 e. The van der Waals surface area contributed by atoms with Gasteiger partial charge in [0, 0.05) is 12.6 Å². The number of urea groups is 1. The van der Waals surface area contributed by atoms with Gasteiger partial charge in [-0.15, -0.1) is 0 Å². The van der Waals surface area contributed by atoms with Crippen LogP contribution in [-0.4, -0.2) is 40.1 Å². The van der Waals surface area contributed by atoms with E-state index in [4.69, 9.17) is 0 Å². The van der Waals surface area contributed by atoms with Gasteiger partial charge in [-0.05, 0) is 39.5 Å². The molecule has 5 nitrogen and oxygen atoms in total. The number of carbonyl (C=O) groups is 2. The number of carboxylic acid groups (broad SMARTS) is 1. The van der Waals surface area contributed by atoms with Crippen molar-refractivity contribution in [2.75, 3.05) is 6.54 Å². The van der Waals surface area contributed by atoms with Crippen molar-refractivity contribution in [3.8, 4) is 0 Å². The molecule has 1 rings (SSSR count). The Hall–Kier alpha value is -1.26. The van der Waals surface area contributed by atoms with E-state index in [9.17, 15) is 14.7 Å². The van der Waals surface area contributed by atoms with Gasteiger partial charge in [-0.2, -0.15) is 0 Å². The molecule has 0 aromatic carbocycles. The monoisotopic (exact) mass is 270 g/mol. The molecular formula is C14H26N2O3. The number of hydrogen-bond donors (Lipinski definition) is 2. The van der Waals surface area contributed by atoms with Crippen molar-refractivity contribution in [1.82, 2.24) is 10.2 Å². The molecule has 1 fully saturated rings. The molecule has 2 unspecified atom stereocenters. The molecule has 1 aliphatic rings. The number of rotatable bonds is 4. The van der Waals surface area contributed by atoms with Crippen molar-refractivity contribution in [2.45, 2.75) is 65.0 Å². The van der Waals surface area contributed by atoms with Crippen molar-refractivity contribution in [3.05, 3.63) is 0 Å². The third-order valence-electron chi connectivity index (χ3n) is 3.98. The van der Waals surface area contributed by atoms with Crippen LogP contribution >= 0.6 is 0 Å². The Kier molecular flexibility index (Phi) is 5.20. The molecule has 0 radical (unpaired) electrons. The van der Waals surface area contributed by atoms with Gasteiger partial charge in [0.05, 0.1) is 0 Å². The van der Waals surface area contributed by atoms with Crippen LogP contribution in [0.3, 0.4) is 0 Å². The largest absolute Gasteiger partial charge is 0.480 e. The predicted molar refractivity (Wildman–Crippen MR) is 74.0 cm³/mol. The molecule has 2 N–H and O–H groups in total. The summed E-state index contributed by atoms with van der Waals surface area (Å²) in [7, 11) is 0. The Morgan fingerprint density at radius 2 is 2.11 bits per heavy atom. The predicted octanol–water partition coefficient (Wildman–Crippen LogP) is 2.46. The first-order valence-electron chi connectivity index (χ1n) is 7.14. The van der Waals surface area contributed by atoms with Crippen LogP contribution in [0.25, 0.3) is 0 Å². The van der Waals surface area contributed by atoms with E-state index >= 15 is 0 Å². The Balaban J connectivity index is 2.84. The first kappa shape index (κ1) is 15.8. The van der Waals surface area contributed by atoms with Gasteiger partial charge in [-0.25, -0.2) is 9.59 Å². The van der Waals surface area contributed by atoms with Crippen molar-refractivity contribution < 1.29 is 14.7 Å². The van der Waals surface area contributed by atoms with Crippen LogP contribution in [0.2, 0.25) is 0 Å². The summed E-state index contributed by atoms with van der Waals surface area (Å²) in [6.45, 7) is 8.38. The molecule has 2 atom stereocenters. The topological polar surface area (TPSA) is 69.6 Å².